The second kappa shape index (κ2) is 6.15. The maximum atomic E-state index is 12.2. The van der Waals surface area contributed by atoms with Gasteiger partial charge in [-0.3, -0.25) is 9.78 Å². The van der Waals surface area contributed by atoms with Crippen molar-refractivity contribution in [3.05, 3.63) is 41.4 Å². The molecule has 0 aromatic carbocycles. The number of esters is 1. The van der Waals surface area contributed by atoms with Gasteiger partial charge in [0.1, 0.15) is 5.54 Å². The van der Waals surface area contributed by atoms with Crippen LogP contribution in [0.25, 0.3) is 0 Å². The number of ether oxygens (including phenoxy) is 1. The zero-order chi connectivity index (χ0) is 16.3. The highest BCUT2D eigenvalue weighted by Gasteiger charge is 2.52. The van der Waals surface area contributed by atoms with E-state index in [4.69, 9.17) is 4.74 Å². The summed E-state index contributed by atoms with van der Waals surface area (Å²) >= 11 is 0. The van der Waals surface area contributed by atoms with Gasteiger partial charge in [0.15, 0.2) is 0 Å². The number of carbonyl (C=O) groups excluding carboxylic acids is 1. The Balaban J connectivity index is 2.70. The van der Waals surface area contributed by atoms with Gasteiger partial charge >= 0.3 is 11.9 Å². The first-order valence-corrected chi connectivity index (χ1v) is 6.94. The van der Waals surface area contributed by atoms with Crippen LogP contribution in [0, 0.1) is 0 Å². The normalized spacial score (nSPS) is 24.6. The molecule has 0 saturated heterocycles. The zero-order valence-electron chi connectivity index (χ0n) is 12.7. The molecule has 2 atom stereocenters. The number of methoxy groups -OCH3 is 1. The highest BCUT2D eigenvalue weighted by molar-refractivity contribution is 5.94. The van der Waals surface area contributed by atoms with E-state index in [-0.39, 0.29) is 12.0 Å². The van der Waals surface area contributed by atoms with E-state index in [0.717, 1.165) is 0 Å². The second-order valence-electron chi connectivity index (χ2n) is 5.10. The van der Waals surface area contributed by atoms with Gasteiger partial charge < -0.3 is 15.3 Å². The van der Waals surface area contributed by atoms with Crippen LogP contribution in [0.5, 0.6) is 0 Å². The minimum absolute atomic E-state index is 0.254. The molecule has 0 fully saturated rings. The van der Waals surface area contributed by atoms with E-state index in [1.165, 1.54) is 7.11 Å². The van der Waals surface area contributed by atoms with Crippen LogP contribution in [0.4, 0.5) is 0 Å². The number of rotatable bonds is 4. The van der Waals surface area contributed by atoms with Crippen molar-refractivity contribution >= 4 is 11.9 Å². The molecule has 2 rings (SSSR count). The molecule has 0 saturated carbocycles. The molecule has 0 amide bonds. The molecule has 7 heteroatoms. The van der Waals surface area contributed by atoms with Gasteiger partial charge in [-0.1, -0.05) is 13.0 Å². The van der Waals surface area contributed by atoms with E-state index in [0.29, 0.717) is 11.4 Å². The number of aliphatic carboxylic acids is 1. The Bertz CT molecular complexity index is 614. The SMILES string of the molecule is CCC1(C(=O)O)NNC(C)=C(C(=O)OC)C1c1ccccn1. The van der Waals surface area contributed by atoms with Gasteiger partial charge in [0.25, 0.3) is 0 Å². The molecule has 0 aliphatic carbocycles. The lowest BCUT2D eigenvalue weighted by molar-refractivity contribution is -0.147. The van der Waals surface area contributed by atoms with Crippen molar-refractivity contribution in [2.75, 3.05) is 7.11 Å². The standard InChI is InChI=1S/C15H19N3O4/c1-4-15(14(20)21)12(10-7-5-6-8-16-10)11(13(19)22-3)9(2)17-18-15/h5-8,12,17-18H,4H2,1-3H3,(H,20,21). The topological polar surface area (TPSA) is 101 Å². The van der Waals surface area contributed by atoms with Gasteiger partial charge in [-0.25, -0.2) is 10.2 Å². The number of nitrogens with one attached hydrogen (secondary N) is 2. The molecule has 0 radical (unpaired) electrons. The molecule has 1 aromatic heterocycles. The average Bonchev–Trinajstić information content (AvgIpc) is 2.54. The summed E-state index contributed by atoms with van der Waals surface area (Å²) in [6.07, 6.45) is 1.83. The quantitative estimate of drug-likeness (QED) is 0.712. The van der Waals surface area contributed by atoms with Crippen molar-refractivity contribution in [1.29, 1.82) is 0 Å². The van der Waals surface area contributed by atoms with E-state index >= 15 is 0 Å². The summed E-state index contributed by atoms with van der Waals surface area (Å²) in [5.41, 5.74) is 5.52. The number of carboxylic acids is 1. The van der Waals surface area contributed by atoms with E-state index in [2.05, 4.69) is 15.8 Å². The van der Waals surface area contributed by atoms with Gasteiger partial charge in [0.2, 0.25) is 0 Å². The fraction of sp³-hybridized carbons (Fsp3) is 0.400. The second-order valence-corrected chi connectivity index (χ2v) is 5.10. The Kier molecular flexibility index (Phi) is 4.46. The molecule has 22 heavy (non-hydrogen) atoms. The van der Waals surface area contributed by atoms with Gasteiger partial charge in [0, 0.05) is 11.9 Å². The fourth-order valence-corrected chi connectivity index (χ4v) is 2.76. The summed E-state index contributed by atoms with van der Waals surface area (Å²) in [6.45, 7) is 3.44. The summed E-state index contributed by atoms with van der Waals surface area (Å²) in [5.74, 6) is -2.39. The van der Waals surface area contributed by atoms with Crippen molar-refractivity contribution in [3.63, 3.8) is 0 Å². The summed E-state index contributed by atoms with van der Waals surface area (Å²) in [4.78, 5) is 28.4. The fourth-order valence-electron chi connectivity index (χ4n) is 2.76. The lowest BCUT2D eigenvalue weighted by Crippen LogP contribution is -2.64. The summed E-state index contributed by atoms with van der Waals surface area (Å²) in [6, 6.07) is 5.21. The minimum Gasteiger partial charge on any atom is -0.480 e. The van der Waals surface area contributed by atoms with Crippen molar-refractivity contribution in [3.8, 4) is 0 Å². The molecular formula is C15H19N3O4. The number of aromatic nitrogens is 1. The lowest BCUT2D eigenvalue weighted by Gasteiger charge is -2.42. The Labute approximate surface area is 128 Å². The molecule has 1 aliphatic rings. The predicted molar refractivity (Wildman–Crippen MR) is 78.6 cm³/mol. The van der Waals surface area contributed by atoms with Crippen LogP contribution >= 0.6 is 0 Å². The maximum Gasteiger partial charge on any atom is 0.336 e. The monoisotopic (exact) mass is 305 g/mol. The third-order valence-corrected chi connectivity index (χ3v) is 3.99. The number of carbonyl (C=O) groups is 2. The minimum atomic E-state index is -1.39. The van der Waals surface area contributed by atoms with Crippen LogP contribution in [-0.2, 0) is 14.3 Å². The molecule has 7 nitrogen and oxygen atoms in total. The van der Waals surface area contributed by atoms with E-state index in [1.807, 2.05) is 0 Å². The molecule has 0 spiro atoms. The van der Waals surface area contributed by atoms with Crippen LogP contribution in [0.15, 0.2) is 35.7 Å². The van der Waals surface area contributed by atoms with Gasteiger partial charge in [-0.05, 0) is 25.5 Å². The summed E-state index contributed by atoms with van der Waals surface area (Å²) in [7, 11) is 1.27. The number of carboxylic acid groups (broad SMARTS) is 1. The van der Waals surface area contributed by atoms with Crippen molar-refractivity contribution in [1.82, 2.24) is 15.8 Å². The lowest BCUT2D eigenvalue weighted by atomic mass is 9.73. The van der Waals surface area contributed by atoms with E-state index < -0.39 is 23.4 Å². The molecule has 1 aliphatic heterocycles. The van der Waals surface area contributed by atoms with Crippen LogP contribution in [0.1, 0.15) is 31.9 Å². The maximum absolute atomic E-state index is 12.2. The zero-order valence-corrected chi connectivity index (χ0v) is 12.7. The summed E-state index contributed by atoms with van der Waals surface area (Å²) < 4.78 is 4.84. The number of pyridine rings is 1. The smallest absolute Gasteiger partial charge is 0.336 e. The summed E-state index contributed by atoms with van der Waals surface area (Å²) in [5, 5.41) is 9.77. The van der Waals surface area contributed by atoms with Crippen molar-refractivity contribution in [2.24, 2.45) is 0 Å². The first-order chi connectivity index (χ1) is 10.5. The third kappa shape index (κ3) is 2.43. The largest absolute Gasteiger partial charge is 0.480 e. The number of hydrogen-bond donors (Lipinski definition) is 3. The Morgan fingerprint density at radius 1 is 1.45 bits per heavy atom. The molecule has 118 valence electrons. The van der Waals surface area contributed by atoms with Crippen molar-refractivity contribution in [2.45, 2.75) is 31.7 Å². The highest BCUT2D eigenvalue weighted by Crippen LogP contribution is 2.40. The van der Waals surface area contributed by atoms with Crippen LogP contribution in [0.2, 0.25) is 0 Å². The number of nitrogens with zero attached hydrogens (tertiary/aromatic N) is 1. The first kappa shape index (κ1) is 16.0. The molecule has 2 unspecified atom stereocenters. The average molecular weight is 305 g/mol. The number of hydrazine groups is 1. The van der Waals surface area contributed by atoms with Gasteiger partial charge in [-0.15, -0.1) is 0 Å². The Morgan fingerprint density at radius 2 is 2.18 bits per heavy atom. The van der Waals surface area contributed by atoms with Gasteiger partial charge in [0.05, 0.1) is 24.3 Å². The highest BCUT2D eigenvalue weighted by atomic mass is 16.5. The molecule has 1 aromatic rings. The molecular weight excluding hydrogens is 286 g/mol. The predicted octanol–water partition coefficient (Wildman–Crippen LogP) is 0.953. The van der Waals surface area contributed by atoms with Crippen molar-refractivity contribution < 1.29 is 19.4 Å². The molecule has 0 bridgehead atoms. The Hall–Kier alpha value is -2.41. The van der Waals surface area contributed by atoms with Crippen LogP contribution in [0.3, 0.4) is 0 Å². The first-order valence-electron chi connectivity index (χ1n) is 6.94. The van der Waals surface area contributed by atoms with Gasteiger partial charge in [-0.2, -0.15) is 0 Å². The number of allylic oxidation sites excluding steroid dienone is 1. The molecule has 3 N–H and O–H groups in total. The number of hydrogen-bond acceptors (Lipinski definition) is 6. The van der Waals surface area contributed by atoms with Crippen LogP contribution in [-0.4, -0.2) is 34.7 Å². The third-order valence-electron chi connectivity index (χ3n) is 3.99. The van der Waals surface area contributed by atoms with Crippen LogP contribution < -0.4 is 10.9 Å². The van der Waals surface area contributed by atoms with E-state index in [9.17, 15) is 14.7 Å². The molecule has 2 heterocycles. The van der Waals surface area contributed by atoms with E-state index in [1.54, 1.807) is 38.2 Å². The Morgan fingerprint density at radius 3 is 2.68 bits per heavy atom.